The lowest BCUT2D eigenvalue weighted by Gasteiger charge is -2.17. The van der Waals surface area contributed by atoms with Gasteiger partial charge in [-0.3, -0.25) is 4.79 Å². The monoisotopic (exact) mass is 349 g/mol. The van der Waals surface area contributed by atoms with Crippen molar-refractivity contribution in [1.82, 2.24) is 14.9 Å². The second kappa shape index (κ2) is 8.34. The number of aryl methyl sites for hydroxylation is 1. The van der Waals surface area contributed by atoms with Crippen molar-refractivity contribution in [3.63, 3.8) is 0 Å². The quantitative estimate of drug-likeness (QED) is 0.710. The third kappa shape index (κ3) is 4.11. The van der Waals surface area contributed by atoms with Gasteiger partial charge in [-0.25, -0.2) is 4.98 Å². The van der Waals surface area contributed by atoms with Crippen LogP contribution in [0.25, 0.3) is 5.69 Å². The van der Waals surface area contributed by atoms with E-state index >= 15 is 0 Å². The van der Waals surface area contributed by atoms with Gasteiger partial charge in [0.25, 0.3) is 5.91 Å². The normalized spacial score (nSPS) is 11.8. The maximum atomic E-state index is 12.5. The largest absolute Gasteiger partial charge is 0.481 e. The highest BCUT2D eigenvalue weighted by Crippen LogP contribution is 2.20. The van der Waals surface area contributed by atoms with Crippen molar-refractivity contribution in [3.05, 3.63) is 78.4 Å². The van der Waals surface area contributed by atoms with Gasteiger partial charge in [0.2, 0.25) is 0 Å². The first kappa shape index (κ1) is 17.7. The summed E-state index contributed by atoms with van der Waals surface area (Å²) < 4.78 is 7.79. The minimum Gasteiger partial charge on any atom is -0.481 e. The predicted octanol–water partition coefficient (Wildman–Crippen LogP) is 3.52. The topological polar surface area (TPSA) is 56.1 Å². The number of amides is 1. The van der Waals surface area contributed by atoms with E-state index in [1.165, 1.54) is 0 Å². The molecule has 1 atom stereocenters. The molecule has 0 saturated heterocycles. The van der Waals surface area contributed by atoms with E-state index in [0.717, 1.165) is 29.0 Å². The van der Waals surface area contributed by atoms with Gasteiger partial charge in [0.1, 0.15) is 5.75 Å². The lowest BCUT2D eigenvalue weighted by molar-refractivity contribution is -0.127. The van der Waals surface area contributed by atoms with E-state index in [0.29, 0.717) is 6.54 Å². The molecule has 0 spiro atoms. The zero-order chi connectivity index (χ0) is 18.4. The fourth-order valence-electron chi connectivity index (χ4n) is 2.79. The van der Waals surface area contributed by atoms with Gasteiger partial charge in [-0.1, -0.05) is 43.3 Å². The number of nitrogens with zero attached hydrogens (tertiary/aromatic N) is 2. The van der Waals surface area contributed by atoms with Crippen molar-refractivity contribution in [2.75, 3.05) is 0 Å². The zero-order valence-electron chi connectivity index (χ0n) is 15.1. The van der Waals surface area contributed by atoms with E-state index in [-0.39, 0.29) is 5.91 Å². The van der Waals surface area contributed by atoms with Gasteiger partial charge < -0.3 is 14.6 Å². The number of para-hydroxylation sites is 2. The Hall–Kier alpha value is -3.08. The first-order valence-corrected chi connectivity index (χ1v) is 8.77. The molecule has 0 unspecified atom stereocenters. The Bertz CT molecular complexity index is 859. The van der Waals surface area contributed by atoms with E-state index in [9.17, 15) is 4.79 Å². The summed E-state index contributed by atoms with van der Waals surface area (Å²) in [6.45, 7) is 4.26. The Balaban J connectivity index is 1.64. The van der Waals surface area contributed by atoms with Crippen LogP contribution >= 0.6 is 0 Å². The fraction of sp³-hybridized carbons (Fsp3) is 0.238. The molecule has 0 aliphatic rings. The number of ether oxygens (including phenoxy) is 1. The number of aromatic nitrogens is 2. The van der Waals surface area contributed by atoms with Crippen LogP contribution < -0.4 is 10.1 Å². The van der Waals surface area contributed by atoms with Crippen LogP contribution in [-0.4, -0.2) is 21.6 Å². The van der Waals surface area contributed by atoms with Crippen molar-refractivity contribution in [2.45, 2.75) is 32.9 Å². The van der Waals surface area contributed by atoms with E-state index in [1.807, 2.05) is 59.3 Å². The highest BCUT2D eigenvalue weighted by Gasteiger charge is 2.16. The summed E-state index contributed by atoms with van der Waals surface area (Å²) in [7, 11) is 0. The summed E-state index contributed by atoms with van der Waals surface area (Å²) in [6, 6.07) is 15.7. The van der Waals surface area contributed by atoms with Crippen LogP contribution in [0.2, 0.25) is 0 Å². The molecule has 1 amide bonds. The van der Waals surface area contributed by atoms with Crippen molar-refractivity contribution in [1.29, 1.82) is 0 Å². The predicted molar refractivity (Wildman–Crippen MR) is 101 cm³/mol. The SMILES string of the molecule is CCc1ccccc1O[C@@H](C)C(=O)NCc1ccccc1-n1ccnc1. The van der Waals surface area contributed by atoms with Crippen molar-refractivity contribution in [3.8, 4) is 11.4 Å². The molecule has 0 radical (unpaired) electrons. The standard InChI is InChI=1S/C21H23N3O2/c1-3-17-8-5-7-11-20(17)26-16(2)21(25)23-14-18-9-4-6-10-19(18)24-13-12-22-15-24/h4-13,15-16H,3,14H2,1-2H3,(H,23,25)/t16-/m0/s1. The molecule has 2 aromatic carbocycles. The van der Waals surface area contributed by atoms with E-state index in [1.54, 1.807) is 19.4 Å². The maximum Gasteiger partial charge on any atom is 0.261 e. The highest BCUT2D eigenvalue weighted by molar-refractivity contribution is 5.80. The van der Waals surface area contributed by atoms with Crippen LogP contribution in [-0.2, 0) is 17.8 Å². The van der Waals surface area contributed by atoms with Crippen LogP contribution in [0.15, 0.2) is 67.3 Å². The van der Waals surface area contributed by atoms with Gasteiger partial charge >= 0.3 is 0 Å². The Labute approximate surface area is 153 Å². The molecule has 0 aliphatic carbocycles. The Kier molecular flexibility index (Phi) is 5.69. The summed E-state index contributed by atoms with van der Waals surface area (Å²) >= 11 is 0. The van der Waals surface area contributed by atoms with Gasteiger partial charge in [-0.2, -0.15) is 0 Å². The van der Waals surface area contributed by atoms with Crippen molar-refractivity contribution < 1.29 is 9.53 Å². The van der Waals surface area contributed by atoms with Crippen LogP contribution in [0.1, 0.15) is 25.0 Å². The number of hydrogen-bond donors (Lipinski definition) is 1. The van der Waals surface area contributed by atoms with E-state index in [2.05, 4.69) is 17.2 Å². The average Bonchev–Trinajstić information content (AvgIpc) is 3.21. The lowest BCUT2D eigenvalue weighted by atomic mass is 10.1. The minimum atomic E-state index is -0.567. The first-order valence-electron chi connectivity index (χ1n) is 8.77. The van der Waals surface area contributed by atoms with E-state index in [4.69, 9.17) is 4.74 Å². The highest BCUT2D eigenvalue weighted by atomic mass is 16.5. The van der Waals surface area contributed by atoms with Gasteiger partial charge in [0.15, 0.2) is 6.10 Å². The molecule has 3 aromatic rings. The molecule has 26 heavy (non-hydrogen) atoms. The molecule has 0 aliphatic heterocycles. The second-order valence-electron chi connectivity index (χ2n) is 6.04. The first-order chi connectivity index (χ1) is 12.7. The number of rotatable bonds is 7. The summed E-state index contributed by atoms with van der Waals surface area (Å²) in [4.78, 5) is 16.5. The smallest absolute Gasteiger partial charge is 0.261 e. The average molecular weight is 349 g/mol. The van der Waals surface area contributed by atoms with Crippen molar-refractivity contribution in [2.24, 2.45) is 0 Å². The Morgan fingerprint density at radius 1 is 1.15 bits per heavy atom. The minimum absolute atomic E-state index is 0.142. The van der Waals surface area contributed by atoms with Crippen LogP contribution in [0, 0.1) is 0 Å². The number of imidazole rings is 1. The molecule has 5 heteroatoms. The molecule has 5 nitrogen and oxygen atoms in total. The molecule has 1 aromatic heterocycles. The summed E-state index contributed by atoms with van der Waals surface area (Å²) in [6.07, 6.45) is 5.66. The molecule has 134 valence electrons. The van der Waals surface area contributed by atoms with Gasteiger partial charge in [0.05, 0.1) is 12.0 Å². The number of carbonyl (C=O) groups excluding carboxylic acids is 1. The number of nitrogens with one attached hydrogen (secondary N) is 1. The molecular weight excluding hydrogens is 326 g/mol. The Morgan fingerprint density at radius 2 is 1.88 bits per heavy atom. The molecule has 0 bridgehead atoms. The number of carbonyl (C=O) groups is 1. The van der Waals surface area contributed by atoms with Gasteiger partial charge in [-0.05, 0) is 36.6 Å². The molecule has 1 N–H and O–H groups in total. The van der Waals surface area contributed by atoms with E-state index < -0.39 is 6.10 Å². The number of benzene rings is 2. The summed E-state index contributed by atoms with van der Waals surface area (Å²) in [5, 5.41) is 2.96. The lowest BCUT2D eigenvalue weighted by Crippen LogP contribution is -2.36. The summed E-state index contributed by atoms with van der Waals surface area (Å²) in [5.74, 6) is 0.618. The van der Waals surface area contributed by atoms with Crippen LogP contribution in [0.3, 0.4) is 0 Å². The third-order valence-electron chi connectivity index (χ3n) is 4.25. The molecular formula is C21H23N3O2. The summed E-state index contributed by atoms with van der Waals surface area (Å²) in [5.41, 5.74) is 3.10. The zero-order valence-corrected chi connectivity index (χ0v) is 15.1. The molecule has 1 heterocycles. The second-order valence-corrected chi connectivity index (χ2v) is 6.04. The van der Waals surface area contributed by atoms with Crippen LogP contribution in [0.5, 0.6) is 5.75 Å². The molecule has 0 saturated carbocycles. The Morgan fingerprint density at radius 3 is 2.62 bits per heavy atom. The van der Waals surface area contributed by atoms with Gasteiger partial charge in [0, 0.05) is 18.9 Å². The molecule has 3 rings (SSSR count). The van der Waals surface area contributed by atoms with Crippen LogP contribution in [0.4, 0.5) is 0 Å². The molecule has 0 fully saturated rings. The maximum absolute atomic E-state index is 12.5. The third-order valence-corrected chi connectivity index (χ3v) is 4.25. The van der Waals surface area contributed by atoms with Gasteiger partial charge in [-0.15, -0.1) is 0 Å². The fourth-order valence-corrected chi connectivity index (χ4v) is 2.79. The number of hydrogen-bond acceptors (Lipinski definition) is 3. The van der Waals surface area contributed by atoms with Crippen molar-refractivity contribution >= 4 is 5.91 Å².